The minimum absolute atomic E-state index is 0.0824. The van der Waals surface area contributed by atoms with Crippen LogP contribution in [0.4, 0.5) is 25.0 Å². The summed E-state index contributed by atoms with van der Waals surface area (Å²) in [5, 5.41) is 0.592. The molecule has 1 aromatic carbocycles. The van der Waals surface area contributed by atoms with Gasteiger partial charge in [0.05, 0.1) is 32.1 Å². The molecule has 34 heavy (non-hydrogen) atoms. The van der Waals surface area contributed by atoms with Crippen molar-refractivity contribution in [2.75, 3.05) is 43.5 Å². The monoisotopic (exact) mass is 535 g/mol. The van der Waals surface area contributed by atoms with Gasteiger partial charge >= 0.3 is 6.09 Å². The van der Waals surface area contributed by atoms with Crippen LogP contribution < -0.4 is 9.80 Å². The summed E-state index contributed by atoms with van der Waals surface area (Å²) in [7, 11) is 3.59. The number of anilines is 2. The number of ether oxygens (including phenoxy) is 1. The van der Waals surface area contributed by atoms with Gasteiger partial charge in [0.1, 0.15) is 11.2 Å². The van der Waals surface area contributed by atoms with E-state index in [1.807, 2.05) is 0 Å². The molecule has 7 nitrogen and oxygen atoms in total. The Morgan fingerprint density at radius 1 is 1.29 bits per heavy atom. The number of pyridine rings is 1. The fourth-order valence-electron chi connectivity index (χ4n) is 5.33. The molecule has 0 saturated carbocycles. The molecule has 182 valence electrons. The first-order valence-electron chi connectivity index (χ1n) is 11.4. The molecule has 2 aromatic heterocycles. The summed E-state index contributed by atoms with van der Waals surface area (Å²) < 4.78 is 36.5. The van der Waals surface area contributed by atoms with E-state index in [1.165, 1.54) is 11.9 Å². The smallest absolute Gasteiger partial charge is 0.414 e. The van der Waals surface area contributed by atoms with Crippen LogP contribution >= 0.6 is 15.9 Å². The lowest BCUT2D eigenvalue weighted by molar-refractivity contribution is 0.0589. The van der Waals surface area contributed by atoms with Crippen LogP contribution in [0.15, 0.2) is 16.7 Å². The van der Waals surface area contributed by atoms with E-state index < -0.39 is 23.3 Å². The molecule has 0 bridgehead atoms. The zero-order valence-corrected chi connectivity index (χ0v) is 21.5. The van der Waals surface area contributed by atoms with Crippen molar-refractivity contribution in [3.63, 3.8) is 0 Å². The lowest BCUT2D eigenvalue weighted by atomic mass is 10.0. The topological polar surface area (TPSA) is 64.7 Å². The number of halogens is 3. The quantitative estimate of drug-likeness (QED) is 0.484. The average Bonchev–Trinajstić information content (AvgIpc) is 3.41. The zero-order chi connectivity index (χ0) is 24.5. The Hall–Kier alpha value is -2.46. The molecule has 0 spiro atoms. The van der Waals surface area contributed by atoms with Gasteiger partial charge in [-0.15, -0.1) is 0 Å². The van der Waals surface area contributed by atoms with Crippen molar-refractivity contribution in [3.8, 4) is 0 Å². The van der Waals surface area contributed by atoms with E-state index in [-0.39, 0.29) is 17.1 Å². The van der Waals surface area contributed by atoms with Crippen molar-refractivity contribution in [2.45, 2.75) is 38.8 Å². The molecular formula is C24H28BrF2N5O2. The SMILES string of the molecule is CN1C[C@@H]2CCN(c3c(Br)cnc4[nH]c5c(N(C)C(=O)OC(C)(C)C)cc(F)c(F)c5c34)[C@@H]2C1. The zero-order valence-electron chi connectivity index (χ0n) is 19.9. The molecule has 2 aliphatic rings. The number of hydrogen-bond donors (Lipinski definition) is 1. The van der Waals surface area contributed by atoms with Crippen LogP contribution in [-0.2, 0) is 4.74 Å². The van der Waals surface area contributed by atoms with Gasteiger partial charge in [0.2, 0.25) is 0 Å². The Kier molecular flexibility index (Phi) is 5.51. The average molecular weight is 536 g/mol. The Morgan fingerprint density at radius 3 is 2.74 bits per heavy atom. The molecular weight excluding hydrogens is 508 g/mol. The minimum atomic E-state index is -1.04. The molecule has 2 atom stereocenters. The highest BCUT2D eigenvalue weighted by Crippen LogP contribution is 2.45. The first-order valence-corrected chi connectivity index (χ1v) is 12.2. The summed E-state index contributed by atoms with van der Waals surface area (Å²) in [5.74, 6) is -1.48. The van der Waals surface area contributed by atoms with Gasteiger partial charge < -0.3 is 19.5 Å². The van der Waals surface area contributed by atoms with Gasteiger partial charge in [-0.25, -0.2) is 18.6 Å². The number of fused-ring (bicyclic) bond motifs is 4. The number of carbonyl (C=O) groups is 1. The number of aromatic nitrogens is 2. The second-order valence-electron chi connectivity index (χ2n) is 10.3. The van der Waals surface area contributed by atoms with Crippen LogP contribution in [0.3, 0.4) is 0 Å². The van der Waals surface area contributed by atoms with Gasteiger partial charge in [-0.05, 0) is 56.1 Å². The van der Waals surface area contributed by atoms with Gasteiger partial charge in [0.15, 0.2) is 11.6 Å². The molecule has 2 fully saturated rings. The largest absolute Gasteiger partial charge is 0.443 e. The van der Waals surface area contributed by atoms with Crippen molar-refractivity contribution in [1.82, 2.24) is 14.9 Å². The number of hydrogen-bond acceptors (Lipinski definition) is 5. The van der Waals surface area contributed by atoms with Gasteiger partial charge in [-0.1, -0.05) is 0 Å². The van der Waals surface area contributed by atoms with Gasteiger partial charge in [0.25, 0.3) is 0 Å². The van der Waals surface area contributed by atoms with Crippen molar-refractivity contribution in [3.05, 3.63) is 28.4 Å². The third-order valence-corrected chi connectivity index (χ3v) is 7.33. The normalized spacial score (nSPS) is 21.0. The van der Waals surface area contributed by atoms with Gasteiger partial charge in [-0.3, -0.25) is 4.90 Å². The Morgan fingerprint density at radius 2 is 2.03 bits per heavy atom. The predicted molar refractivity (Wildman–Crippen MR) is 133 cm³/mol. The third kappa shape index (κ3) is 3.71. The van der Waals surface area contributed by atoms with Crippen LogP contribution in [0.25, 0.3) is 21.9 Å². The number of rotatable bonds is 2. The number of likely N-dealkylation sites (N-methyl/N-ethyl adjacent to an activating group) is 1. The fraction of sp³-hybridized carbons (Fsp3) is 0.500. The molecule has 3 aromatic rings. The van der Waals surface area contributed by atoms with Crippen LogP contribution in [0.2, 0.25) is 0 Å². The molecule has 5 rings (SSSR count). The lowest BCUT2D eigenvalue weighted by Crippen LogP contribution is -2.35. The highest BCUT2D eigenvalue weighted by atomic mass is 79.9. The van der Waals surface area contributed by atoms with Crippen LogP contribution in [0, 0.1) is 17.6 Å². The van der Waals surface area contributed by atoms with Crippen molar-refractivity contribution >= 4 is 55.3 Å². The summed E-state index contributed by atoms with van der Waals surface area (Å²) in [5.41, 5.74) is 0.987. The molecule has 10 heteroatoms. The predicted octanol–water partition coefficient (Wildman–Crippen LogP) is 5.27. The molecule has 0 unspecified atom stereocenters. The summed E-state index contributed by atoms with van der Waals surface area (Å²) in [4.78, 5) is 26.1. The molecule has 2 aliphatic heterocycles. The number of benzene rings is 1. The maximum absolute atomic E-state index is 15.4. The maximum atomic E-state index is 15.4. The number of nitrogens with one attached hydrogen (secondary N) is 1. The Labute approximate surface area is 205 Å². The van der Waals surface area contributed by atoms with E-state index in [4.69, 9.17) is 4.74 Å². The second-order valence-corrected chi connectivity index (χ2v) is 11.2. The van der Waals surface area contributed by atoms with E-state index in [9.17, 15) is 9.18 Å². The lowest BCUT2D eigenvalue weighted by Gasteiger charge is -2.28. The van der Waals surface area contributed by atoms with Crippen LogP contribution in [0.1, 0.15) is 27.2 Å². The maximum Gasteiger partial charge on any atom is 0.414 e. The fourth-order valence-corrected chi connectivity index (χ4v) is 5.86. The van der Waals surface area contributed by atoms with Crippen LogP contribution in [-0.4, -0.2) is 66.3 Å². The first kappa shape index (κ1) is 23.3. The van der Waals surface area contributed by atoms with Gasteiger partial charge in [-0.2, -0.15) is 0 Å². The number of carbonyl (C=O) groups excluding carboxylic acids is 1. The van der Waals surface area contributed by atoms with E-state index in [0.717, 1.165) is 42.3 Å². The van der Waals surface area contributed by atoms with E-state index in [1.54, 1.807) is 27.0 Å². The highest BCUT2D eigenvalue weighted by molar-refractivity contribution is 9.10. The van der Waals surface area contributed by atoms with Gasteiger partial charge in [0, 0.05) is 45.0 Å². The molecule has 4 heterocycles. The van der Waals surface area contributed by atoms with E-state index in [2.05, 4.69) is 42.7 Å². The molecule has 0 aliphatic carbocycles. The highest BCUT2D eigenvalue weighted by Gasteiger charge is 2.41. The number of nitrogens with zero attached hydrogens (tertiary/aromatic N) is 4. The molecule has 2 saturated heterocycles. The van der Waals surface area contributed by atoms with Crippen LogP contribution in [0.5, 0.6) is 0 Å². The first-order chi connectivity index (χ1) is 16.0. The number of likely N-dealkylation sites (tertiary alicyclic amines) is 1. The third-order valence-electron chi connectivity index (χ3n) is 6.75. The van der Waals surface area contributed by atoms with E-state index in [0.29, 0.717) is 22.5 Å². The minimum Gasteiger partial charge on any atom is -0.443 e. The van der Waals surface area contributed by atoms with Crippen molar-refractivity contribution < 1.29 is 18.3 Å². The number of H-pyrrole nitrogens is 1. The molecule has 1 N–H and O–H groups in total. The summed E-state index contributed by atoms with van der Waals surface area (Å²) in [6.07, 6.45) is 2.06. The summed E-state index contributed by atoms with van der Waals surface area (Å²) in [6, 6.07) is 1.31. The van der Waals surface area contributed by atoms with Crippen molar-refractivity contribution in [1.29, 1.82) is 0 Å². The van der Waals surface area contributed by atoms with Crippen molar-refractivity contribution in [2.24, 2.45) is 5.92 Å². The Balaban J connectivity index is 1.72. The van der Waals surface area contributed by atoms with E-state index >= 15 is 4.39 Å². The second kappa shape index (κ2) is 8.05. The summed E-state index contributed by atoms with van der Waals surface area (Å²) in [6.45, 7) is 8.01. The molecule has 1 amide bonds. The Bertz CT molecular complexity index is 1300. The molecule has 0 radical (unpaired) electrons. The standard InChI is InChI=1S/C24H28BrF2N5O2/c1-24(2,3)34-23(33)31(5)15-8-14(26)19(27)17-18-21(13(25)9-28-22(18)29-20(15)17)32-7-6-12-10-30(4)11-16(12)32/h8-9,12,16H,6-7,10-11H2,1-5H3,(H,28,29)/t12-,16+/m0/s1. The number of amides is 1. The summed E-state index contributed by atoms with van der Waals surface area (Å²) >= 11 is 3.62. The number of aromatic amines is 1.